The van der Waals surface area contributed by atoms with Crippen LogP contribution in [0.5, 0.6) is 11.5 Å². The first kappa shape index (κ1) is 21.5. The zero-order valence-electron chi connectivity index (χ0n) is 16.2. The SMILES string of the molecule is C=CCc1cc(C=C2C(=O)NC(=S)NC2=O)cc(OC)c1OCc1ccc(Cl)cc1. The quantitative estimate of drug-likeness (QED) is 0.297. The van der Waals surface area contributed by atoms with E-state index in [2.05, 4.69) is 17.2 Å². The first-order valence-electron chi connectivity index (χ1n) is 8.98. The van der Waals surface area contributed by atoms with Gasteiger partial charge in [-0.3, -0.25) is 20.2 Å². The number of rotatable bonds is 7. The standard InChI is InChI=1S/C22H19ClN2O4S/c1-3-4-15-9-14(10-17-20(26)24-22(30)25-21(17)27)11-18(28-2)19(15)29-12-13-5-7-16(23)8-6-13/h3,5-11H,1,4,12H2,2H3,(H2,24,25,26,27,30). The highest BCUT2D eigenvalue weighted by atomic mass is 35.5. The summed E-state index contributed by atoms with van der Waals surface area (Å²) in [6, 6.07) is 10.9. The van der Waals surface area contributed by atoms with Gasteiger partial charge in [-0.15, -0.1) is 6.58 Å². The molecule has 1 fully saturated rings. The van der Waals surface area contributed by atoms with Crippen molar-refractivity contribution in [3.63, 3.8) is 0 Å². The summed E-state index contributed by atoms with van der Waals surface area (Å²) in [5.41, 5.74) is 2.31. The number of ether oxygens (including phenoxy) is 2. The number of carbonyl (C=O) groups excluding carboxylic acids is 2. The average Bonchev–Trinajstić information content (AvgIpc) is 2.71. The molecule has 0 radical (unpaired) electrons. The maximum absolute atomic E-state index is 12.1. The van der Waals surface area contributed by atoms with Gasteiger partial charge in [-0.05, 0) is 60.1 Å². The Morgan fingerprint density at radius 2 is 1.80 bits per heavy atom. The van der Waals surface area contributed by atoms with E-state index in [1.165, 1.54) is 13.2 Å². The van der Waals surface area contributed by atoms with E-state index in [1.807, 2.05) is 18.2 Å². The Morgan fingerprint density at radius 3 is 2.40 bits per heavy atom. The number of allylic oxidation sites excluding steroid dienone is 1. The molecule has 0 atom stereocenters. The Morgan fingerprint density at radius 1 is 1.13 bits per heavy atom. The number of thiocarbonyl (C=S) groups is 1. The number of hydrogen-bond acceptors (Lipinski definition) is 5. The predicted molar refractivity (Wildman–Crippen MR) is 120 cm³/mol. The molecule has 2 N–H and O–H groups in total. The highest BCUT2D eigenvalue weighted by Gasteiger charge is 2.26. The molecule has 0 bridgehead atoms. The molecule has 1 aliphatic heterocycles. The van der Waals surface area contributed by atoms with E-state index < -0.39 is 11.8 Å². The van der Waals surface area contributed by atoms with Gasteiger partial charge in [0.05, 0.1) is 7.11 Å². The Balaban J connectivity index is 1.94. The zero-order chi connectivity index (χ0) is 21.7. The highest BCUT2D eigenvalue weighted by Crippen LogP contribution is 2.35. The lowest BCUT2D eigenvalue weighted by molar-refractivity contribution is -0.123. The average molecular weight is 443 g/mol. The molecule has 0 aliphatic carbocycles. The van der Waals surface area contributed by atoms with Gasteiger partial charge in [-0.1, -0.05) is 29.8 Å². The van der Waals surface area contributed by atoms with Gasteiger partial charge < -0.3 is 9.47 Å². The van der Waals surface area contributed by atoms with Crippen LogP contribution in [-0.4, -0.2) is 24.0 Å². The molecule has 3 rings (SSSR count). The molecule has 8 heteroatoms. The van der Waals surface area contributed by atoms with Crippen LogP contribution in [0.3, 0.4) is 0 Å². The fourth-order valence-corrected chi connectivity index (χ4v) is 3.21. The molecule has 1 heterocycles. The van der Waals surface area contributed by atoms with Crippen molar-refractivity contribution < 1.29 is 19.1 Å². The molecule has 0 spiro atoms. The summed E-state index contributed by atoms with van der Waals surface area (Å²) in [6.07, 6.45) is 3.72. The third kappa shape index (κ3) is 5.06. The van der Waals surface area contributed by atoms with Crippen LogP contribution in [0.4, 0.5) is 0 Å². The van der Waals surface area contributed by atoms with Crippen molar-refractivity contribution in [2.45, 2.75) is 13.0 Å². The van der Waals surface area contributed by atoms with E-state index in [9.17, 15) is 9.59 Å². The van der Waals surface area contributed by atoms with Gasteiger partial charge in [0.15, 0.2) is 16.6 Å². The maximum Gasteiger partial charge on any atom is 0.263 e. The summed E-state index contributed by atoms with van der Waals surface area (Å²) in [7, 11) is 1.53. The lowest BCUT2D eigenvalue weighted by Crippen LogP contribution is -2.51. The molecule has 1 saturated heterocycles. The first-order chi connectivity index (χ1) is 14.4. The molecular formula is C22H19ClN2O4S. The summed E-state index contributed by atoms with van der Waals surface area (Å²) in [5.74, 6) is -0.0809. The smallest absolute Gasteiger partial charge is 0.263 e. The van der Waals surface area contributed by atoms with Gasteiger partial charge >= 0.3 is 0 Å². The van der Waals surface area contributed by atoms with Crippen LogP contribution in [0.25, 0.3) is 6.08 Å². The number of amides is 2. The molecule has 0 unspecified atom stereocenters. The van der Waals surface area contributed by atoms with Gasteiger partial charge in [0.2, 0.25) is 0 Å². The molecule has 6 nitrogen and oxygen atoms in total. The number of hydrogen-bond donors (Lipinski definition) is 2. The Labute approximate surface area is 184 Å². The van der Waals surface area contributed by atoms with Gasteiger partial charge in [-0.2, -0.15) is 0 Å². The number of carbonyl (C=O) groups is 2. The van der Waals surface area contributed by atoms with Gasteiger partial charge in [0.25, 0.3) is 11.8 Å². The van der Waals surface area contributed by atoms with Crippen molar-refractivity contribution in [1.82, 2.24) is 10.6 Å². The van der Waals surface area contributed by atoms with Gasteiger partial charge in [0, 0.05) is 10.6 Å². The van der Waals surface area contributed by atoms with Crippen LogP contribution < -0.4 is 20.1 Å². The second kappa shape index (κ2) is 9.56. The Hall–Kier alpha value is -3.16. The molecule has 1 aliphatic rings. The third-order valence-electron chi connectivity index (χ3n) is 4.29. The third-order valence-corrected chi connectivity index (χ3v) is 4.75. The molecule has 2 aromatic carbocycles. The topological polar surface area (TPSA) is 76.7 Å². The molecule has 2 amide bonds. The summed E-state index contributed by atoms with van der Waals surface area (Å²) in [5, 5.41) is 5.46. The summed E-state index contributed by atoms with van der Waals surface area (Å²) >= 11 is 10.7. The van der Waals surface area contributed by atoms with Crippen molar-refractivity contribution in [3.8, 4) is 11.5 Å². The molecular weight excluding hydrogens is 424 g/mol. The number of benzene rings is 2. The van der Waals surface area contributed by atoms with E-state index in [0.717, 1.165) is 11.1 Å². The van der Waals surface area contributed by atoms with Gasteiger partial charge in [0.1, 0.15) is 12.2 Å². The molecule has 2 aromatic rings. The van der Waals surface area contributed by atoms with Crippen molar-refractivity contribution in [1.29, 1.82) is 0 Å². The fourth-order valence-electron chi connectivity index (χ4n) is 2.90. The normalized spacial score (nSPS) is 13.4. The van der Waals surface area contributed by atoms with Crippen LogP contribution in [0, 0.1) is 0 Å². The minimum absolute atomic E-state index is 0.0157. The highest BCUT2D eigenvalue weighted by molar-refractivity contribution is 7.80. The lowest BCUT2D eigenvalue weighted by Gasteiger charge is -2.18. The van der Waals surface area contributed by atoms with Crippen molar-refractivity contribution in [2.75, 3.05) is 7.11 Å². The minimum Gasteiger partial charge on any atom is -0.493 e. The summed E-state index contributed by atoms with van der Waals surface area (Å²) < 4.78 is 11.5. The van der Waals surface area contributed by atoms with E-state index >= 15 is 0 Å². The summed E-state index contributed by atoms with van der Waals surface area (Å²) in [4.78, 5) is 24.3. The van der Waals surface area contributed by atoms with Crippen molar-refractivity contribution >= 4 is 46.8 Å². The molecule has 154 valence electrons. The molecule has 30 heavy (non-hydrogen) atoms. The van der Waals surface area contributed by atoms with E-state index in [4.69, 9.17) is 33.3 Å². The van der Waals surface area contributed by atoms with Crippen LogP contribution >= 0.6 is 23.8 Å². The van der Waals surface area contributed by atoms with Crippen LogP contribution in [-0.2, 0) is 22.6 Å². The zero-order valence-corrected chi connectivity index (χ0v) is 17.7. The van der Waals surface area contributed by atoms with Crippen molar-refractivity contribution in [2.24, 2.45) is 0 Å². The van der Waals surface area contributed by atoms with E-state index in [1.54, 1.807) is 24.3 Å². The molecule has 0 saturated carbocycles. The molecule has 0 aromatic heterocycles. The predicted octanol–water partition coefficient (Wildman–Crippen LogP) is 3.57. The van der Waals surface area contributed by atoms with E-state index in [-0.39, 0.29) is 10.7 Å². The maximum atomic E-state index is 12.1. The minimum atomic E-state index is -0.559. The van der Waals surface area contributed by atoms with Crippen LogP contribution in [0.2, 0.25) is 5.02 Å². The largest absolute Gasteiger partial charge is 0.493 e. The number of nitrogens with one attached hydrogen (secondary N) is 2. The monoisotopic (exact) mass is 442 g/mol. The first-order valence-corrected chi connectivity index (χ1v) is 9.77. The Kier molecular flexibility index (Phi) is 6.87. The van der Waals surface area contributed by atoms with Crippen LogP contribution in [0.15, 0.2) is 54.6 Å². The number of halogens is 1. The Bertz CT molecular complexity index is 1030. The lowest BCUT2D eigenvalue weighted by atomic mass is 10.0. The van der Waals surface area contributed by atoms with Gasteiger partial charge in [-0.25, -0.2) is 0 Å². The summed E-state index contributed by atoms with van der Waals surface area (Å²) in [6.45, 7) is 4.11. The fraction of sp³-hybridized carbons (Fsp3) is 0.136. The van der Waals surface area contributed by atoms with Crippen molar-refractivity contribution in [3.05, 3.63) is 76.3 Å². The second-order valence-electron chi connectivity index (χ2n) is 6.41. The number of methoxy groups -OCH3 is 1. The van der Waals surface area contributed by atoms with Crippen LogP contribution in [0.1, 0.15) is 16.7 Å². The second-order valence-corrected chi connectivity index (χ2v) is 7.26. The van der Waals surface area contributed by atoms with E-state index in [0.29, 0.717) is 35.1 Å².